The predicted octanol–water partition coefficient (Wildman–Crippen LogP) is 4.54. The Balaban J connectivity index is 0.00000312. The van der Waals surface area contributed by atoms with E-state index in [0.29, 0.717) is 6.54 Å². The van der Waals surface area contributed by atoms with Crippen molar-refractivity contribution in [2.75, 3.05) is 13.1 Å². The van der Waals surface area contributed by atoms with Gasteiger partial charge in [0.2, 0.25) is 0 Å². The monoisotopic (exact) mass is 472 g/mol. The van der Waals surface area contributed by atoms with E-state index in [1.54, 1.807) is 11.3 Å². The van der Waals surface area contributed by atoms with Gasteiger partial charge in [-0.15, -0.1) is 35.3 Å². The fourth-order valence-corrected chi connectivity index (χ4v) is 3.16. The van der Waals surface area contributed by atoms with Crippen molar-refractivity contribution in [2.45, 2.75) is 46.1 Å². The van der Waals surface area contributed by atoms with Crippen LogP contribution >= 0.6 is 35.3 Å². The standard InChI is InChI=1S/C19H28N4S.HI/c1-3-20-19(23-15-18-22-14-16(2)24-18)21-13-9-5-8-12-17-10-6-4-7-11-17;/h4,6-7,10-11,14H,3,5,8-9,12-13,15H2,1-2H3,(H2,20,21,23);1H. The molecule has 0 atom stereocenters. The Bertz CT molecular complexity index is 613. The summed E-state index contributed by atoms with van der Waals surface area (Å²) in [6, 6.07) is 10.7. The molecule has 0 aliphatic carbocycles. The lowest BCUT2D eigenvalue weighted by Crippen LogP contribution is -2.37. The Labute approximate surface area is 172 Å². The minimum absolute atomic E-state index is 0. The molecule has 1 aromatic heterocycles. The lowest BCUT2D eigenvalue weighted by atomic mass is 10.1. The van der Waals surface area contributed by atoms with Gasteiger partial charge in [-0.2, -0.15) is 0 Å². The number of nitrogens with zero attached hydrogens (tertiary/aromatic N) is 2. The molecule has 0 bridgehead atoms. The molecule has 1 aromatic carbocycles. The van der Waals surface area contributed by atoms with Crippen LogP contribution in [-0.2, 0) is 13.0 Å². The summed E-state index contributed by atoms with van der Waals surface area (Å²) < 4.78 is 0. The van der Waals surface area contributed by atoms with Crippen molar-refractivity contribution in [3.8, 4) is 0 Å². The third-order valence-electron chi connectivity index (χ3n) is 3.66. The molecule has 4 nitrogen and oxygen atoms in total. The predicted molar refractivity (Wildman–Crippen MR) is 119 cm³/mol. The molecule has 25 heavy (non-hydrogen) atoms. The molecule has 0 spiro atoms. The first kappa shape index (κ1) is 21.9. The fraction of sp³-hybridized carbons (Fsp3) is 0.474. The highest BCUT2D eigenvalue weighted by molar-refractivity contribution is 14.0. The molecule has 0 radical (unpaired) electrons. The molecule has 1 heterocycles. The van der Waals surface area contributed by atoms with E-state index in [2.05, 4.69) is 64.8 Å². The fourth-order valence-electron chi connectivity index (χ4n) is 2.45. The second kappa shape index (κ2) is 13.1. The quantitative estimate of drug-likeness (QED) is 0.244. The zero-order valence-corrected chi connectivity index (χ0v) is 18.3. The Morgan fingerprint density at radius 3 is 2.60 bits per heavy atom. The topological polar surface area (TPSA) is 49.3 Å². The van der Waals surface area contributed by atoms with Crippen LogP contribution in [0.4, 0.5) is 0 Å². The first-order valence-electron chi connectivity index (χ1n) is 8.75. The third kappa shape index (κ3) is 9.21. The maximum absolute atomic E-state index is 4.60. The third-order valence-corrected chi connectivity index (χ3v) is 4.56. The molecular formula is C19H29IN4S. The van der Waals surface area contributed by atoms with Crippen LogP contribution in [0.5, 0.6) is 0 Å². The van der Waals surface area contributed by atoms with E-state index in [1.807, 2.05) is 6.20 Å². The second-order valence-electron chi connectivity index (χ2n) is 5.78. The highest BCUT2D eigenvalue weighted by atomic mass is 127. The number of aromatic nitrogens is 1. The van der Waals surface area contributed by atoms with Gasteiger partial charge in [0.05, 0.1) is 6.54 Å². The number of halogens is 1. The summed E-state index contributed by atoms with van der Waals surface area (Å²) in [7, 11) is 0. The zero-order valence-electron chi connectivity index (χ0n) is 15.1. The van der Waals surface area contributed by atoms with Gasteiger partial charge in [-0.1, -0.05) is 36.8 Å². The van der Waals surface area contributed by atoms with Crippen LogP contribution in [0, 0.1) is 6.92 Å². The Morgan fingerprint density at radius 1 is 1.12 bits per heavy atom. The average Bonchev–Trinajstić information content (AvgIpc) is 3.02. The van der Waals surface area contributed by atoms with E-state index in [4.69, 9.17) is 0 Å². The summed E-state index contributed by atoms with van der Waals surface area (Å²) in [5.41, 5.74) is 1.43. The molecule has 0 saturated heterocycles. The number of thiazole rings is 1. The van der Waals surface area contributed by atoms with Gasteiger partial charge in [0.25, 0.3) is 0 Å². The van der Waals surface area contributed by atoms with Crippen molar-refractivity contribution < 1.29 is 0 Å². The number of benzene rings is 1. The minimum Gasteiger partial charge on any atom is -0.357 e. The Morgan fingerprint density at radius 2 is 1.92 bits per heavy atom. The minimum atomic E-state index is 0. The van der Waals surface area contributed by atoms with Crippen LogP contribution in [-0.4, -0.2) is 24.0 Å². The lowest BCUT2D eigenvalue weighted by Gasteiger charge is -2.10. The van der Waals surface area contributed by atoms with Crippen molar-refractivity contribution >= 4 is 41.3 Å². The van der Waals surface area contributed by atoms with E-state index in [9.17, 15) is 0 Å². The Kier molecular flexibility index (Phi) is 11.5. The van der Waals surface area contributed by atoms with Crippen molar-refractivity contribution in [1.29, 1.82) is 0 Å². The summed E-state index contributed by atoms with van der Waals surface area (Å²) in [5, 5.41) is 7.77. The molecular weight excluding hydrogens is 443 g/mol. The molecule has 0 unspecified atom stereocenters. The van der Waals surface area contributed by atoms with E-state index in [0.717, 1.165) is 30.5 Å². The number of hydrogen-bond acceptors (Lipinski definition) is 3. The maximum atomic E-state index is 4.60. The van der Waals surface area contributed by atoms with Crippen LogP contribution in [0.2, 0.25) is 0 Å². The first-order valence-corrected chi connectivity index (χ1v) is 9.57. The highest BCUT2D eigenvalue weighted by Gasteiger charge is 2.00. The van der Waals surface area contributed by atoms with E-state index < -0.39 is 0 Å². The van der Waals surface area contributed by atoms with Crippen molar-refractivity contribution in [2.24, 2.45) is 4.99 Å². The highest BCUT2D eigenvalue weighted by Crippen LogP contribution is 2.11. The molecule has 0 aliphatic heterocycles. The van der Waals surface area contributed by atoms with Crippen LogP contribution in [0.1, 0.15) is 41.6 Å². The molecule has 0 aliphatic rings. The van der Waals surface area contributed by atoms with Crippen LogP contribution in [0.3, 0.4) is 0 Å². The zero-order chi connectivity index (χ0) is 17.0. The summed E-state index contributed by atoms with van der Waals surface area (Å²) in [5.74, 6) is 0.883. The van der Waals surface area contributed by atoms with Crippen molar-refractivity contribution in [3.63, 3.8) is 0 Å². The number of nitrogens with one attached hydrogen (secondary N) is 2. The number of hydrogen-bond donors (Lipinski definition) is 2. The van der Waals surface area contributed by atoms with Crippen LogP contribution in [0.15, 0.2) is 41.5 Å². The molecule has 2 aromatic rings. The summed E-state index contributed by atoms with van der Waals surface area (Å²) in [4.78, 5) is 10.2. The second-order valence-corrected chi connectivity index (χ2v) is 7.10. The molecule has 0 amide bonds. The smallest absolute Gasteiger partial charge is 0.191 e. The van der Waals surface area contributed by atoms with E-state index in [-0.39, 0.29) is 24.0 Å². The molecule has 138 valence electrons. The largest absolute Gasteiger partial charge is 0.357 e. The van der Waals surface area contributed by atoms with E-state index in [1.165, 1.54) is 29.7 Å². The first-order chi connectivity index (χ1) is 11.8. The molecule has 0 saturated carbocycles. The van der Waals surface area contributed by atoms with Gasteiger partial charge in [-0.25, -0.2) is 9.98 Å². The normalized spacial score (nSPS) is 11.0. The van der Waals surface area contributed by atoms with Gasteiger partial charge in [0, 0.05) is 24.2 Å². The van der Waals surface area contributed by atoms with E-state index >= 15 is 0 Å². The van der Waals surface area contributed by atoms with Crippen LogP contribution in [0.25, 0.3) is 0 Å². The van der Waals surface area contributed by atoms with Gasteiger partial charge in [-0.3, -0.25) is 0 Å². The van der Waals surface area contributed by atoms with Gasteiger partial charge < -0.3 is 10.6 Å². The lowest BCUT2D eigenvalue weighted by molar-refractivity contribution is 0.656. The molecule has 0 fully saturated rings. The van der Waals surface area contributed by atoms with Crippen LogP contribution < -0.4 is 10.6 Å². The SMILES string of the molecule is CCNC(=NCc1ncc(C)s1)NCCCCCc1ccccc1.I. The number of guanidine groups is 1. The number of aliphatic imine (C=N–C) groups is 1. The van der Waals surface area contributed by atoms with Crippen molar-refractivity contribution in [1.82, 2.24) is 15.6 Å². The molecule has 6 heteroatoms. The van der Waals surface area contributed by atoms with Gasteiger partial charge in [-0.05, 0) is 38.7 Å². The number of rotatable bonds is 9. The molecule has 2 rings (SSSR count). The number of unbranched alkanes of at least 4 members (excludes halogenated alkanes) is 2. The van der Waals surface area contributed by atoms with Gasteiger partial charge >= 0.3 is 0 Å². The van der Waals surface area contributed by atoms with Gasteiger partial charge in [0.15, 0.2) is 5.96 Å². The van der Waals surface area contributed by atoms with Gasteiger partial charge in [0.1, 0.15) is 5.01 Å². The summed E-state index contributed by atoms with van der Waals surface area (Å²) in [6.45, 7) is 6.63. The van der Waals surface area contributed by atoms with Crippen molar-refractivity contribution in [3.05, 3.63) is 52.0 Å². The summed E-state index contributed by atoms with van der Waals surface area (Å²) >= 11 is 1.71. The number of aryl methyl sites for hydroxylation is 2. The Hall–Kier alpha value is -1.15. The molecule has 2 N–H and O–H groups in total. The average molecular weight is 472 g/mol. The summed E-state index contributed by atoms with van der Waals surface area (Å²) in [6.07, 6.45) is 6.69. The maximum Gasteiger partial charge on any atom is 0.191 e.